The van der Waals surface area contributed by atoms with Crippen LogP contribution in [0.25, 0.3) is 0 Å². The van der Waals surface area contributed by atoms with Crippen molar-refractivity contribution in [3.8, 4) is 5.75 Å². The predicted octanol–water partition coefficient (Wildman–Crippen LogP) is 4.76. The molecule has 0 saturated carbocycles. The molecule has 2 nitrogen and oxygen atoms in total. The minimum Gasteiger partial charge on any atom is -0.422 e. The van der Waals surface area contributed by atoms with Crippen LogP contribution in [0.5, 0.6) is 5.75 Å². The molecule has 0 atom stereocenters. The first-order valence-corrected chi connectivity index (χ1v) is 5.17. The first-order valence-electron chi connectivity index (χ1n) is 4.04. The second kappa shape index (κ2) is 4.79. The SMILES string of the molecule is Nc1c(Cl)cc(Cl)c(Cl)c1OC(F)(F)C(F)(F)F. The van der Waals surface area contributed by atoms with Crippen LogP contribution in [0.15, 0.2) is 6.07 Å². The highest BCUT2D eigenvalue weighted by Gasteiger charge is 2.61. The van der Waals surface area contributed by atoms with Gasteiger partial charge in [0, 0.05) is 0 Å². The number of nitrogen functional groups attached to an aromatic ring is 1. The van der Waals surface area contributed by atoms with Crippen molar-refractivity contribution in [2.24, 2.45) is 0 Å². The molecule has 0 unspecified atom stereocenters. The molecule has 0 amide bonds. The quantitative estimate of drug-likeness (QED) is 0.482. The van der Waals surface area contributed by atoms with Crippen LogP contribution < -0.4 is 10.5 Å². The molecule has 0 aliphatic heterocycles. The highest BCUT2D eigenvalue weighted by atomic mass is 35.5. The van der Waals surface area contributed by atoms with Gasteiger partial charge in [0.15, 0.2) is 5.75 Å². The molecule has 102 valence electrons. The summed E-state index contributed by atoms with van der Waals surface area (Å²) in [6.45, 7) is 0. The molecule has 0 bridgehead atoms. The van der Waals surface area contributed by atoms with Crippen molar-refractivity contribution in [2.75, 3.05) is 5.73 Å². The molecule has 0 radical (unpaired) electrons. The monoisotopic (exact) mass is 329 g/mol. The average Bonchev–Trinajstić information content (AvgIpc) is 2.20. The Morgan fingerprint density at radius 1 is 1.00 bits per heavy atom. The van der Waals surface area contributed by atoms with Crippen LogP contribution in [-0.2, 0) is 0 Å². The van der Waals surface area contributed by atoms with Crippen LogP contribution in [0, 0.1) is 0 Å². The van der Waals surface area contributed by atoms with Crippen LogP contribution in [0.3, 0.4) is 0 Å². The van der Waals surface area contributed by atoms with Gasteiger partial charge in [-0.3, -0.25) is 0 Å². The summed E-state index contributed by atoms with van der Waals surface area (Å²) in [6, 6.07) is 0.985. The summed E-state index contributed by atoms with van der Waals surface area (Å²) in [5.41, 5.74) is 4.53. The number of nitrogens with two attached hydrogens (primary N) is 1. The summed E-state index contributed by atoms with van der Waals surface area (Å²) in [7, 11) is 0. The van der Waals surface area contributed by atoms with Gasteiger partial charge in [-0.15, -0.1) is 0 Å². The van der Waals surface area contributed by atoms with Crippen molar-refractivity contribution in [1.82, 2.24) is 0 Å². The van der Waals surface area contributed by atoms with Gasteiger partial charge in [0.2, 0.25) is 0 Å². The number of alkyl halides is 5. The van der Waals surface area contributed by atoms with Crippen molar-refractivity contribution in [3.63, 3.8) is 0 Å². The second-order valence-corrected chi connectivity index (χ2v) is 4.21. The number of rotatable bonds is 2. The van der Waals surface area contributed by atoms with Crippen molar-refractivity contribution < 1.29 is 26.7 Å². The van der Waals surface area contributed by atoms with Crippen LogP contribution in [0.4, 0.5) is 27.6 Å². The molecule has 0 spiro atoms. The summed E-state index contributed by atoms with van der Waals surface area (Å²) in [4.78, 5) is 0. The molecule has 1 aromatic carbocycles. The van der Waals surface area contributed by atoms with Crippen LogP contribution >= 0.6 is 34.8 Å². The molecule has 10 heteroatoms. The van der Waals surface area contributed by atoms with E-state index in [1.54, 1.807) is 0 Å². The van der Waals surface area contributed by atoms with Gasteiger partial charge in [-0.2, -0.15) is 22.0 Å². The predicted molar refractivity (Wildman–Crippen MR) is 57.5 cm³/mol. The third-order valence-electron chi connectivity index (χ3n) is 1.72. The van der Waals surface area contributed by atoms with Crippen LogP contribution in [0.1, 0.15) is 0 Å². The molecular formula is C8H3Cl3F5NO. The van der Waals surface area contributed by atoms with Gasteiger partial charge < -0.3 is 10.5 Å². The summed E-state index contributed by atoms with van der Waals surface area (Å²) < 4.78 is 64.8. The Balaban J connectivity index is 3.28. The zero-order valence-electron chi connectivity index (χ0n) is 8.09. The van der Waals surface area contributed by atoms with Crippen LogP contribution in [-0.4, -0.2) is 12.3 Å². The Labute approximate surface area is 112 Å². The molecule has 18 heavy (non-hydrogen) atoms. The van der Waals surface area contributed by atoms with E-state index in [0.717, 1.165) is 6.07 Å². The molecule has 1 rings (SSSR count). The van der Waals surface area contributed by atoms with E-state index in [-0.39, 0.29) is 10.0 Å². The molecule has 0 aliphatic carbocycles. The molecule has 0 fully saturated rings. The average molecular weight is 330 g/mol. The Bertz CT molecular complexity index is 451. The van der Waals surface area contributed by atoms with E-state index in [0.29, 0.717) is 0 Å². The highest BCUT2D eigenvalue weighted by molar-refractivity contribution is 6.45. The van der Waals surface area contributed by atoms with E-state index in [1.165, 1.54) is 0 Å². The van der Waals surface area contributed by atoms with E-state index < -0.39 is 28.7 Å². The topological polar surface area (TPSA) is 35.2 Å². The van der Waals surface area contributed by atoms with E-state index in [4.69, 9.17) is 40.5 Å². The maximum Gasteiger partial charge on any atom is 0.499 e. The number of hydrogen-bond acceptors (Lipinski definition) is 2. The number of anilines is 1. The van der Waals surface area contributed by atoms with E-state index >= 15 is 0 Å². The Kier molecular flexibility index (Phi) is 4.10. The highest BCUT2D eigenvalue weighted by Crippen LogP contribution is 2.46. The van der Waals surface area contributed by atoms with Gasteiger partial charge >= 0.3 is 12.3 Å². The zero-order chi connectivity index (χ0) is 14.3. The Morgan fingerprint density at radius 2 is 1.50 bits per heavy atom. The molecule has 0 aliphatic rings. The van der Waals surface area contributed by atoms with Crippen molar-refractivity contribution in [2.45, 2.75) is 12.3 Å². The summed E-state index contributed by atoms with van der Waals surface area (Å²) in [5, 5.41) is -1.43. The number of benzene rings is 1. The summed E-state index contributed by atoms with van der Waals surface area (Å²) in [5.74, 6) is -1.13. The number of hydrogen-bond donors (Lipinski definition) is 1. The first-order chi connectivity index (χ1) is 7.97. The maximum atomic E-state index is 12.7. The lowest BCUT2D eigenvalue weighted by atomic mass is 10.3. The van der Waals surface area contributed by atoms with Gasteiger partial charge in [-0.25, -0.2) is 0 Å². The smallest absolute Gasteiger partial charge is 0.422 e. The molecule has 1 aromatic rings. The molecule has 0 heterocycles. The fourth-order valence-corrected chi connectivity index (χ4v) is 1.51. The van der Waals surface area contributed by atoms with Gasteiger partial charge in [0.05, 0.1) is 15.7 Å². The lowest BCUT2D eigenvalue weighted by Gasteiger charge is -2.22. The second-order valence-electron chi connectivity index (χ2n) is 3.01. The standard InChI is InChI=1S/C8H3Cl3F5NO/c9-2-1-3(10)5(17)6(4(2)11)18-8(15,16)7(12,13)14/h1H,17H2. The van der Waals surface area contributed by atoms with Crippen LogP contribution in [0.2, 0.25) is 15.1 Å². The Morgan fingerprint density at radius 3 is 1.94 bits per heavy atom. The minimum atomic E-state index is -5.93. The first kappa shape index (κ1) is 15.4. The third kappa shape index (κ3) is 2.84. The number of halogens is 8. The van der Waals surface area contributed by atoms with E-state index in [1.807, 2.05) is 0 Å². The minimum absolute atomic E-state index is 0.364. The lowest BCUT2D eigenvalue weighted by molar-refractivity contribution is -0.360. The maximum absolute atomic E-state index is 12.7. The van der Waals surface area contributed by atoms with Gasteiger partial charge in [-0.1, -0.05) is 34.8 Å². The van der Waals surface area contributed by atoms with Crippen molar-refractivity contribution >= 4 is 40.5 Å². The van der Waals surface area contributed by atoms with Crippen molar-refractivity contribution in [3.05, 3.63) is 21.1 Å². The van der Waals surface area contributed by atoms with Gasteiger partial charge in [-0.05, 0) is 6.07 Å². The largest absolute Gasteiger partial charge is 0.499 e. The molecule has 0 aromatic heterocycles. The zero-order valence-corrected chi connectivity index (χ0v) is 10.4. The fraction of sp³-hybridized carbons (Fsp3) is 0.250. The molecular weight excluding hydrogens is 327 g/mol. The fourth-order valence-electron chi connectivity index (χ4n) is 0.873. The normalized spacial score (nSPS) is 12.7. The molecule has 2 N–H and O–H groups in total. The van der Waals surface area contributed by atoms with Crippen molar-refractivity contribution in [1.29, 1.82) is 0 Å². The van der Waals surface area contributed by atoms with E-state index in [2.05, 4.69) is 4.74 Å². The van der Waals surface area contributed by atoms with Gasteiger partial charge in [0.25, 0.3) is 0 Å². The van der Waals surface area contributed by atoms with Gasteiger partial charge in [0.1, 0.15) is 5.02 Å². The van der Waals surface area contributed by atoms with E-state index in [9.17, 15) is 22.0 Å². The summed E-state index contributed by atoms with van der Waals surface area (Å²) >= 11 is 16.3. The third-order valence-corrected chi connectivity index (χ3v) is 2.81. The molecule has 0 saturated heterocycles. The number of ether oxygens (including phenoxy) is 1. The lowest BCUT2D eigenvalue weighted by Crippen LogP contribution is -2.42. The summed E-state index contributed by atoms with van der Waals surface area (Å²) in [6.07, 6.45) is -11.4. The Hall–Kier alpha value is -0.660.